The Balaban J connectivity index is 1.74. The van der Waals surface area contributed by atoms with Crippen LogP contribution in [-0.4, -0.2) is 25.6 Å². The van der Waals surface area contributed by atoms with Crippen molar-refractivity contribution in [1.82, 2.24) is 10.6 Å². The summed E-state index contributed by atoms with van der Waals surface area (Å²) < 4.78 is 5.41. The summed E-state index contributed by atoms with van der Waals surface area (Å²) in [5.74, 6) is 0.959. The second-order valence-corrected chi connectivity index (χ2v) is 5.79. The Morgan fingerprint density at radius 3 is 2.61 bits per heavy atom. The lowest BCUT2D eigenvalue weighted by atomic mass is 9.92. The van der Waals surface area contributed by atoms with E-state index in [1.807, 2.05) is 36.4 Å². The molecular formula is C19H22N2O2. The fourth-order valence-corrected chi connectivity index (χ4v) is 3.16. The number of hydrogen-bond acceptors (Lipinski definition) is 3. The molecule has 0 aliphatic carbocycles. The van der Waals surface area contributed by atoms with Gasteiger partial charge in [0, 0.05) is 6.04 Å². The topological polar surface area (TPSA) is 50.4 Å². The minimum Gasteiger partial charge on any atom is -0.496 e. The second-order valence-electron chi connectivity index (χ2n) is 5.79. The molecule has 0 spiro atoms. The number of amides is 1. The lowest BCUT2D eigenvalue weighted by molar-refractivity contribution is -0.123. The van der Waals surface area contributed by atoms with Crippen LogP contribution >= 0.6 is 0 Å². The van der Waals surface area contributed by atoms with Crippen LogP contribution in [0.2, 0.25) is 0 Å². The fraction of sp³-hybridized carbons (Fsp3) is 0.316. The number of carbonyl (C=O) groups is 1. The van der Waals surface area contributed by atoms with Gasteiger partial charge in [-0.3, -0.25) is 10.1 Å². The highest BCUT2D eigenvalue weighted by Gasteiger charge is 2.29. The number of piperazine rings is 1. The van der Waals surface area contributed by atoms with E-state index in [1.54, 1.807) is 7.11 Å². The highest BCUT2D eigenvalue weighted by atomic mass is 16.5. The van der Waals surface area contributed by atoms with Crippen molar-refractivity contribution in [3.63, 3.8) is 0 Å². The zero-order chi connectivity index (χ0) is 16.1. The van der Waals surface area contributed by atoms with Crippen LogP contribution in [0.15, 0.2) is 54.6 Å². The van der Waals surface area contributed by atoms with Crippen LogP contribution in [0.25, 0.3) is 0 Å². The highest BCUT2D eigenvalue weighted by molar-refractivity contribution is 5.79. The van der Waals surface area contributed by atoms with Crippen LogP contribution in [0, 0.1) is 0 Å². The Bertz CT molecular complexity index is 657. The maximum absolute atomic E-state index is 11.8. The van der Waals surface area contributed by atoms with Gasteiger partial charge < -0.3 is 10.1 Å². The van der Waals surface area contributed by atoms with Crippen LogP contribution in [0.4, 0.5) is 0 Å². The van der Waals surface area contributed by atoms with Gasteiger partial charge in [0.05, 0.1) is 19.7 Å². The third-order valence-corrected chi connectivity index (χ3v) is 4.31. The smallest absolute Gasteiger partial charge is 0.234 e. The average Bonchev–Trinajstić information content (AvgIpc) is 2.61. The number of benzene rings is 2. The van der Waals surface area contributed by atoms with Crippen molar-refractivity contribution in [2.45, 2.75) is 24.9 Å². The minimum atomic E-state index is 0.0576. The van der Waals surface area contributed by atoms with E-state index in [0.717, 1.165) is 18.6 Å². The molecule has 0 bridgehead atoms. The predicted molar refractivity (Wildman–Crippen MR) is 90.4 cm³/mol. The number of ether oxygens (including phenoxy) is 1. The summed E-state index contributed by atoms with van der Waals surface area (Å²) in [7, 11) is 1.69. The van der Waals surface area contributed by atoms with Crippen LogP contribution in [0.3, 0.4) is 0 Å². The molecule has 0 radical (unpaired) electrons. The van der Waals surface area contributed by atoms with E-state index >= 15 is 0 Å². The lowest BCUT2D eigenvalue weighted by Gasteiger charge is -2.34. The molecule has 4 nitrogen and oxygen atoms in total. The Morgan fingerprint density at radius 2 is 1.83 bits per heavy atom. The van der Waals surface area contributed by atoms with Gasteiger partial charge in [-0.1, -0.05) is 48.5 Å². The molecule has 2 aromatic rings. The van der Waals surface area contributed by atoms with E-state index in [2.05, 4.69) is 28.8 Å². The highest BCUT2D eigenvalue weighted by Crippen LogP contribution is 2.25. The number of carbonyl (C=O) groups excluding carboxylic acids is 1. The molecule has 2 aromatic carbocycles. The van der Waals surface area contributed by atoms with E-state index in [4.69, 9.17) is 4.74 Å². The molecule has 1 amide bonds. The molecule has 1 fully saturated rings. The standard InChI is InChI=1S/C19H22N2O2/c1-23-17-10-6-5-7-14(17)11-12-16-19(20-13-18(22)21-16)15-8-3-2-4-9-15/h2-10,16,19-20H,11-13H2,1H3,(H,21,22)/t16-,19-/m0/s1. The number of nitrogens with one attached hydrogen (secondary N) is 2. The molecule has 23 heavy (non-hydrogen) atoms. The lowest BCUT2D eigenvalue weighted by Crippen LogP contribution is -2.54. The molecule has 3 rings (SSSR count). The van der Waals surface area contributed by atoms with Gasteiger partial charge in [-0.2, -0.15) is 0 Å². The molecule has 0 unspecified atom stereocenters. The van der Waals surface area contributed by atoms with Gasteiger partial charge in [0.1, 0.15) is 5.75 Å². The molecule has 4 heteroatoms. The monoisotopic (exact) mass is 310 g/mol. The number of aryl methyl sites for hydroxylation is 1. The number of methoxy groups -OCH3 is 1. The summed E-state index contributed by atoms with van der Waals surface area (Å²) in [6, 6.07) is 18.5. The van der Waals surface area contributed by atoms with Gasteiger partial charge in [0.15, 0.2) is 0 Å². The normalized spacial score (nSPS) is 20.8. The van der Waals surface area contributed by atoms with Crippen LogP contribution < -0.4 is 15.4 Å². The largest absolute Gasteiger partial charge is 0.496 e. The number of rotatable bonds is 5. The maximum atomic E-state index is 11.8. The molecule has 1 heterocycles. The van der Waals surface area contributed by atoms with Gasteiger partial charge >= 0.3 is 0 Å². The summed E-state index contributed by atoms with van der Waals surface area (Å²) in [5, 5.41) is 6.49. The minimum absolute atomic E-state index is 0.0576. The summed E-state index contributed by atoms with van der Waals surface area (Å²) in [5.41, 5.74) is 2.37. The zero-order valence-corrected chi connectivity index (χ0v) is 13.3. The number of para-hydroxylation sites is 1. The van der Waals surface area contributed by atoms with Gasteiger partial charge in [-0.05, 0) is 30.0 Å². The molecular weight excluding hydrogens is 288 g/mol. The molecule has 2 atom stereocenters. The SMILES string of the molecule is COc1ccccc1CC[C@@H]1NC(=O)CN[C@H]1c1ccccc1. The predicted octanol–water partition coefficient (Wildman–Crippen LogP) is 2.46. The first kappa shape index (κ1) is 15.6. The summed E-state index contributed by atoms with van der Waals surface area (Å²) in [6.07, 6.45) is 1.72. The maximum Gasteiger partial charge on any atom is 0.234 e. The first-order valence-electron chi connectivity index (χ1n) is 7.97. The van der Waals surface area contributed by atoms with Gasteiger partial charge in [0.2, 0.25) is 5.91 Å². The Kier molecular flexibility index (Phi) is 4.93. The molecule has 120 valence electrons. The van der Waals surface area contributed by atoms with E-state index in [9.17, 15) is 4.79 Å². The molecule has 2 N–H and O–H groups in total. The average molecular weight is 310 g/mol. The Morgan fingerprint density at radius 1 is 1.09 bits per heavy atom. The first-order chi connectivity index (χ1) is 11.3. The van der Waals surface area contributed by atoms with E-state index in [-0.39, 0.29) is 18.0 Å². The van der Waals surface area contributed by atoms with Crippen LogP contribution in [0.5, 0.6) is 5.75 Å². The molecule has 0 aromatic heterocycles. The molecule has 1 aliphatic heterocycles. The Labute approximate surface area is 136 Å². The van der Waals surface area contributed by atoms with Crippen molar-refractivity contribution in [1.29, 1.82) is 0 Å². The quantitative estimate of drug-likeness (QED) is 0.892. The summed E-state index contributed by atoms with van der Waals surface area (Å²) in [4.78, 5) is 11.8. The second kappa shape index (κ2) is 7.29. The van der Waals surface area contributed by atoms with Crippen LogP contribution in [-0.2, 0) is 11.2 Å². The van der Waals surface area contributed by atoms with Gasteiger partial charge in [-0.15, -0.1) is 0 Å². The molecule has 0 saturated carbocycles. The van der Waals surface area contributed by atoms with E-state index in [1.165, 1.54) is 11.1 Å². The first-order valence-corrected chi connectivity index (χ1v) is 7.97. The molecule has 1 saturated heterocycles. The summed E-state index contributed by atoms with van der Waals surface area (Å²) >= 11 is 0. The fourth-order valence-electron chi connectivity index (χ4n) is 3.16. The van der Waals surface area contributed by atoms with Crippen molar-refractivity contribution >= 4 is 5.91 Å². The van der Waals surface area contributed by atoms with E-state index in [0.29, 0.717) is 6.54 Å². The molecule has 1 aliphatic rings. The zero-order valence-electron chi connectivity index (χ0n) is 13.3. The summed E-state index contributed by atoms with van der Waals surface area (Å²) in [6.45, 7) is 0.366. The van der Waals surface area contributed by atoms with Crippen molar-refractivity contribution in [3.8, 4) is 5.75 Å². The van der Waals surface area contributed by atoms with Gasteiger partial charge in [-0.25, -0.2) is 0 Å². The van der Waals surface area contributed by atoms with Crippen molar-refractivity contribution < 1.29 is 9.53 Å². The number of hydrogen-bond donors (Lipinski definition) is 2. The third kappa shape index (κ3) is 3.71. The van der Waals surface area contributed by atoms with Crippen molar-refractivity contribution in [3.05, 3.63) is 65.7 Å². The van der Waals surface area contributed by atoms with E-state index < -0.39 is 0 Å². The Hall–Kier alpha value is -2.33. The van der Waals surface area contributed by atoms with Gasteiger partial charge in [0.25, 0.3) is 0 Å². The van der Waals surface area contributed by atoms with Crippen LogP contribution in [0.1, 0.15) is 23.6 Å². The van der Waals surface area contributed by atoms with Crippen molar-refractivity contribution in [2.75, 3.05) is 13.7 Å². The third-order valence-electron chi connectivity index (χ3n) is 4.31. The van der Waals surface area contributed by atoms with Crippen molar-refractivity contribution in [2.24, 2.45) is 0 Å².